The van der Waals surface area contributed by atoms with Crippen molar-refractivity contribution in [2.75, 3.05) is 49.1 Å². The highest BCUT2D eigenvalue weighted by atomic mass is 19.1. The maximum Gasteiger partial charge on any atom is 0.227 e. The molecular weight excluding hydrogens is 423 g/mol. The summed E-state index contributed by atoms with van der Waals surface area (Å²) in [7, 11) is 0. The number of nitrogens with zero attached hydrogens (tertiary/aromatic N) is 3. The van der Waals surface area contributed by atoms with Crippen LogP contribution in [0.2, 0.25) is 0 Å². The highest BCUT2D eigenvalue weighted by Crippen LogP contribution is 2.28. The molecule has 0 aromatic heterocycles. The third-order valence-electron chi connectivity index (χ3n) is 6.28. The van der Waals surface area contributed by atoms with Crippen molar-refractivity contribution in [3.63, 3.8) is 0 Å². The predicted molar refractivity (Wildman–Crippen MR) is 124 cm³/mol. The highest BCUT2D eigenvalue weighted by Gasteiger charge is 2.36. The molecule has 174 valence electrons. The van der Waals surface area contributed by atoms with Gasteiger partial charge >= 0.3 is 0 Å². The van der Waals surface area contributed by atoms with Crippen LogP contribution in [0.1, 0.15) is 18.4 Å². The Kier molecular flexibility index (Phi) is 6.91. The van der Waals surface area contributed by atoms with Crippen molar-refractivity contribution in [3.8, 4) is 0 Å². The number of carbonyl (C=O) groups excluding carboxylic acids is 3. The Hall–Kier alpha value is -3.42. The maximum atomic E-state index is 14.3. The fourth-order valence-electron chi connectivity index (χ4n) is 4.39. The molecule has 8 heteroatoms. The van der Waals surface area contributed by atoms with Crippen molar-refractivity contribution >= 4 is 29.1 Å². The van der Waals surface area contributed by atoms with Gasteiger partial charge in [0.2, 0.25) is 17.7 Å². The first kappa shape index (κ1) is 22.8. The Morgan fingerprint density at radius 2 is 1.79 bits per heavy atom. The third-order valence-corrected chi connectivity index (χ3v) is 6.28. The number of aryl methyl sites for hydroxylation is 1. The predicted octanol–water partition coefficient (Wildman–Crippen LogP) is 2.34. The molecule has 0 spiro atoms. The van der Waals surface area contributed by atoms with E-state index in [-0.39, 0.29) is 49.3 Å². The number of nitrogens with one attached hydrogen (secondary N) is 1. The fourth-order valence-corrected chi connectivity index (χ4v) is 4.39. The van der Waals surface area contributed by atoms with Crippen LogP contribution in [0.4, 0.5) is 15.8 Å². The summed E-state index contributed by atoms with van der Waals surface area (Å²) in [6, 6.07) is 14.8. The molecule has 2 fully saturated rings. The second-order valence-corrected chi connectivity index (χ2v) is 8.60. The third kappa shape index (κ3) is 5.32. The lowest BCUT2D eigenvalue weighted by molar-refractivity contribution is -0.131. The van der Waals surface area contributed by atoms with Gasteiger partial charge in [-0.3, -0.25) is 14.4 Å². The minimum atomic E-state index is -0.553. The number of carbonyl (C=O) groups is 3. The monoisotopic (exact) mass is 452 g/mol. The van der Waals surface area contributed by atoms with Crippen LogP contribution in [0.3, 0.4) is 0 Å². The molecule has 2 aromatic carbocycles. The van der Waals surface area contributed by atoms with Gasteiger partial charge in [0.25, 0.3) is 0 Å². The summed E-state index contributed by atoms with van der Waals surface area (Å²) < 4.78 is 14.3. The number of hydrogen-bond donors (Lipinski definition) is 1. The average Bonchev–Trinajstić information content (AvgIpc) is 3.21. The average molecular weight is 453 g/mol. The molecule has 2 aromatic rings. The summed E-state index contributed by atoms with van der Waals surface area (Å²) in [5.41, 5.74) is 2.12. The molecule has 2 aliphatic heterocycles. The Morgan fingerprint density at radius 3 is 2.48 bits per heavy atom. The number of rotatable bonds is 6. The van der Waals surface area contributed by atoms with E-state index in [4.69, 9.17) is 0 Å². The number of benzene rings is 2. The molecule has 2 heterocycles. The number of anilines is 2. The van der Waals surface area contributed by atoms with Crippen LogP contribution in [0.25, 0.3) is 0 Å². The fraction of sp³-hybridized carbons (Fsp3) is 0.400. The van der Waals surface area contributed by atoms with Crippen LogP contribution >= 0.6 is 0 Å². The molecule has 0 aliphatic carbocycles. The summed E-state index contributed by atoms with van der Waals surface area (Å²) in [4.78, 5) is 42.9. The van der Waals surface area contributed by atoms with Gasteiger partial charge < -0.3 is 20.0 Å². The topological polar surface area (TPSA) is 73.0 Å². The Balaban J connectivity index is 1.21. The molecule has 0 radical (unpaired) electrons. The first-order valence-electron chi connectivity index (χ1n) is 11.3. The lowest BCUT2D eigenvalue weighted by Gasteiger charge is -2.36. The molecule has 1 unspecified atom stereocenters. The van der Waals surface area contributed by atoms with Gasteiger partial charge in [0.1, 0.15) is 5.82 Å². The number of amides is 3. The van der Waals surface area contributed by atoms with Gasteiger partial charge in [0, 0.05) is 57.8 Å². The zero-order valence-corrected chi connectivity index (χ0v) is 18.8. The maximum absolute atomic E-state index is 14.3. The SMILES string of the molecule is Cc1ccc(N2CC(C(=O)NCCC(=O)N3CCN(c4ccccc4)CC3)CC2=O)c(F)c1. The normalized spacial score (nSPS) is 18.5. The molecule has 0 bridgehead atoms. The molecular formula is C25H29FN4O3. The van der Waals surface area contributed by atoms with E-state index < -0.39 is 11.7 Å². The molecule has 33 heavy (non-hydrogen) atoms. The summed E-state index contributed by atoms with van der Waals surface area (Å²) in [6.45, 7) is 4.99. The first-order valence-corrected chi connectivity index (χ1v) is 11.3. The summed E-state index contributed by atoms with van der Waals surface area (Å²) in [6.07, 6.45) is 0.253. The lowest BCUT2D eigenvalue weighted by atomic mass is 10.1. The van der Waals surface area contributed by atoms with E-state index in [1.54, 1.807) is 19.1 Å². The second-order valence-electron chi connectivity index (χ2n) is 8.60. The Bertz CT molecular complexity index is 1020. The molecule has 2 aliphatic rings. The van der Waals surface area contributed by atoms with E-state index >= 15 is 0 Å². The van der Waals surface area contributed by atoms with Crippen LogP contribution < -0.4 is 15.1 Å². The van der Waals surface area contributed by atoms with Crippen molar-refractivity contribution in [2.24, 2.45) is 5.92 Å². The van der Waals surface area contributed by atoms with Gasteiger partial charge in [0.15, 0.2) is 0 Å². The highest BCUT2D eigenvalue weighted by molar-refractivity contribution is 6.00. The largest absolute Gasteiger partial charge is 0.368 e. The van der Waals surface area contributed by atoms with Crippen LogP contribution in [0, 0.1) is 18.7 Å². The number of halogens is 1. The molecule has 1 atom stereocenters. The lowest BCUT2D eigenvalue weighted by Crippen LogP contribution is -2.49. The minimum Gasteiger partial charge on any atom is -0.368 e. The molecule has 2 saturated heterocycles. The minimum absolute atomic E-state index is 0.00821. The van der Waals surface area contributed by atoms with Crippen molar-refractivity contribution in [2.45, 2.75) is 19.8 Å². The van der Waals surface area contributed by atoms with E-state index in [1.165, 1.54) is 11.0 Å². The van der Waals surface area contributed by atoms with Crippen molar-refractivity contribution in [1.82, 2.24) is 10.2 Å². The summed E-state index contributed by atoms with van der Waals surface area (Å²) in [5, 5.41) is 2.78. The van der Waals surface area contributed by atoms with Crippen LogP contribution in [0.5, 0.6) is 0 Å². The van der Waals surface area contributed by atoms with E-state index in [2.05, 4.69) is 22.3 Å². The quantitative estimate of drug-likeness (QED) is 0.730. The molecule has 4 rings (SSSR count). The zero-order chi connectivity index (χ0) is 23.4. The van der Waals surface area contributed by atoms with Gasteiger partial charge in [0.05, 0.1) is 11.6 Å². The van der Waals surface area contributed by atoms with Gasteiger partial charge in [-0.2, -0.15) is 0 Å². The van der Waals surface area contributed by atoms with Gasteiger partial charge in [-0.1, -0.05) is 24.3 Å². The standard InChI is InChI=1S/C25H29FN4O3/c1-18-7-8-22(21(26)15-18)30-17-19(16-24(30)32)25(33)27-10-9-23(31)29-13-11-28(12-14-29)20-5-3-2-4-6-20/h2-8,15,19H,9-14,16-17H2,1H3,(H,27,33). The zero-order valence-electron chi connectivity index (χ0n) is 18.8. The van der Waals surface area contributed by atoms with Gasteiger partial charge in [-0.15, -0.1) is 0 Å². The van der Waals surface area contributed by atoms with E-state index in [9.17, 15) is 18.8 Å². The van der Waals surface area contributed by atoms with Crippen LogP contribution in [-0.4, -0.2) is 61.9 Å². The van der Waals surface area contributed by atoms with Crippen molar-refractivity contribution < 1.29 is 18.8 Å². The molecule has 3 amide bonds. The Morgan fingerprint density at radius 1 is 1.06 bits per heavy atom. The van der Waals surface area contributed by atoms with E-state index in [0.29, 0.717) is 13.1 Å². The number of hydrogen-bond acceptors (Lipinski definition) is 4. The second kappa shape index (κ2) is 10.0. The Labute approximate surface area is 193 Å². The van der Waals surface area contributed by atoms with Gasteiger partial charge in [-0.25, -0.2) is 4.39 Å². The smallest absolute Gasteiger partial charge is 0.227 e. The van der Waals surface area contributed by atoms with E-state index in [0.717, 1.165) is 24.3 Å². The number of piperazine rings is 1. The molecule has 7 nitrogen and oxygen atoms in total. The van der Waals surface area contributed by atoms with Gasteiger partial charge in [-0.05, 0) is 36.8 Å². The van der Waals surface area contributed by atoms with Crippen molar-refractivity contribution in [3.05, 3.63) is 59.9 Å². The van der Waals surface area contributed by atoms with Crippen LogP contribution in [-0.2, 0) is 14.4 Å². The van der Waals surface area contributed by atoms with Crippen LogP contribution in [0.15, 0.2) is 48.5 Å². The summed E-state index contributed by atoms with van der Waals surface area (Å²) in [5.74, 6) is -1.57. The van der Waals surface area contributed by atoms with E-state index in [1.807, 2.05) is 23.1 Å². The molecule has 0 saturated carbocycles. The summed E-state index contributed by atoms with van der Waals surface area (Å²) >= 11 is 0. The first-order chi connectivity index (χ1) is 15.9. The number of para-hydroxylation sites is 1. The molecule has 1 N–H and O–H groups in total. The van der Waals surface area contributed by atoms with Crippen molar-refractivity contribution in [1.29, 1.82) is 0 Å².